The Morgan fingerprint density at radius 3 is 2.68 bits per heavy atom. The van der Waals surface area contributed by atoms with Crippen molar-refractivity contribution in [3.8, 4) is 0 Å². The number of benzene rings is 1. The fraction of sp³-hybridized carbons (Fsp3) is 0.250. The quantitative estimate of drug-likeness (QED) is 0.420. The van der Waals surface area contributed by atoms with E-state index in [1.54, 1.807) is 29.4 Å². The van der Waals surface area contributed by atoms with Crippen molar-refractivity contribution in [2.75, 3.05) is 0 Å². The van der Waals surface area contributed by atoms with Crippen LogP contribution < -0.4 is 0 Å². The van der Waals surface area contributed by atoms with Crippen molar-refractivity contribution in [3.05, 3.63) is 57.9 Å². The van der Waals surface area contributed by atoms with Crippen LogP contribution in [0, 0.1) is 24.0 Å². The molecule has 0 bridgehead atoms. The number of hydrogen-bond donors (Lipinski definition) is 0. The first-order valence-corrected chi connectivity index (χ1v) is 7.77. The summed E-state index contributed by atoms with van der Waals surface area (Å²) in [5.74, 6) is 0.527. The van der Waals surface area contributed by atoms with Gasteiger partial charge >= 0.3 is 5.69 Å². The fourth-order valence-corrected chi connectivity index (χ4v) is 3.08. The van der Waals surface area contributed by atoms with Gasteiger partial charge < -0.3 is 0 Å². The van der Waals surface area contributed by atoms with Gasteiger partial charge in [0.15, 0.2) is 11.5 Å². The van der Waals surface area contributed by atoms with E-state index in [4.69, 9.17) is 0 Å². The van der Waals surface area contributed by atoms with E-state index in [1.807, 2.05) is 31.2 Å². The number of hydrogen-bond acceptors (Lipinski definition) is 6. The molecule has 0 radical (unpaired) electrons. The molecule has 0 N–H and O–H groups in total. The van der Waals surface area contributed by atoms with Gasteiger partial charge in [-0.2, -0.15) is 5.10 Å². The number of para-hydroxylation sites is 1. The molecule has 0 aliphatic carbocycles. The van der Waals surface area contributed by atoms with Gasteiger partial charge in [0, 0.05) is 5.39 Å². The fourth-order valence-electron chi connectivity index (χ4n) is 3.08. The van der Waals surface area contributed by atoms with E-state index in [0.29, 0.717) is 22.9 Å². The van der Waals surface area contributed by atoms with Gasteiger partial charge in [0.05, 0.1) is 10.4 Å². The van der Waals surface area contributed by atoms with Crippen molar-refractivity contribution in [1.29, 1.82) is 0 Å². The lowest BCUT2D eigenvalue weighted by Crippen LogP contribution is -2.12. The molecule has 1 aromatic carbocycles. The Morgan fingerprint density at radius 1 is 1.20 bits per heavy atom. The maximum Gasteiger partial charge on any atom is 0.312 e. The molecule has 126 valence electrons. The van der Waals surface area contributed by atoms with Crippen LogP contribution in [0.2, 0.25) is 0 Å². The van der Waals surface area contributed by atoms with Crippen LogP contribution in [-0.4, -0.2) is 34.3 Å². The van der Waals surface area contributed by atoms with Crippen molar-refractivity contribution in [2.45, 2.75) is 26.8 Å². The molecule has 4 rings (SSSR count). The third kappa shape index (κ3) is 2.24. The van der Waals surface area contributed by atoms with Crippen LogP contribution in [0.4, 0.5) is 5.69 Å². The Hall–Kier alpha value is -3.36. The maximum absolute atomic E-state index is 11.2. The highest BCUT2D eigenvalue weighted by molar-refractivity contribution is 5.90. The molecule has 4 aromatic rings. The highest BCUT2D eigenvalue weighted by Gasteiger charge is 2.26. The third-order valence-electron chi connectivity index (χ3n) is 4.31. The van der Waals surface area contributed by atoms with Crippen molar-refractivity contribution in [3.63, 3.8) is 0 Å². The van der Waals surface area contributed by atoms with Crippen molar-refractivity contribution < 1.29 is 4.92 Å². The van der Waals surface area contributed by atoms with Crippen LogP contribution in [0.1, 0.15) is 30.2 Å². The van der Waals surface area contributed by atoms with Crippen LogP contribution >= 0.6 is 0 Å². The lowest BCUT2D eigenvalue weighted by molar-refractivity contribution is -0.386. The number of nitrogens with zero attached hydrogens (tertiary/aromatic N) is 7. The number of aryl methyl sites for hydroxylation is 1. The molecule has 25 heavy (non-hydrogen) atoms. The summed E-state index contributed by atoms with van der Waals surface area (Å²) in [7, 11) is 0. The Balaban J connectivity index is 1.86. The summed E-state index contributed by atoms with van der Waals surface area (Å²) in [5, 5.41) is 20.9. The largest absolute Gasteiger partial charge is 0.312 e. The molecule has 1 unspecified atom stereocenters. The highest BCUT2D eigenvalue weighted by Crippen LogP contribution is 2.27. The monoisotopic (exact) mass is 337 g/mol. The van der Waals surface area contributed by atoms with Gasteiger partial charge in [-0.15, -0.1) is 5.10 Å². The lowest BCUT2D eigenvalue weighted by atomic mass is 10.2. The summed E-state index contributed by atoms with van der Waals surface area (Å²) < 4.78 is 3.21. The van der Waals surface area contributed by atoms with Crippen LogP contribution in [0.25, 0.3) is 16.6 Å². The van der Waals surface area contributed by atoms with Gasteiger partial charge in [0.1, 0.15) is 23.8 Å². The summed E-state index contributed by atoms with van der Waals surface area (Å²) in [6.07, 6.45) is 1.62. The molecule has 9 nitrogen and oxygen atoms in total. The molecule has 0 fully saturated rings. The second kappa shape index (κ2) is 5.33. The molecular weight excluding hydrogens is 322 g/mol. The van der Waals surface area contributed by atoms with Crippen LogP contribution in [0.15, 0.2) is 30.6 Å². The zero-order chi connectivity index (χ0) is 17.7. The number of fused-ring (bicyclic) bond motifs is 3. The molecule has 9 heteroatoms. The number of aromatic nitrogens is 6. The minimum Gasteiger partial charge on any atom is -0.258 e. The van der Waals surface area contributed by atoms with Gasteiger partial charge in [-0.1, -0.05) is 12.1 Å². The van der Waals surface area contributed by atoms with Crippen LogP contribution in [0.5, 0.6) is 0 Å². The number of nitro groups is 1. The van der Waals surface area contributed by atoms with E-state index < -0.39 is 4.92 Å². The minimum atomic E-state index is -0.407. The molecule has 0 saturated heterocycles. The first kappa shape index (κ1) is 15.2. The first-order chi connectivity index (χ1) is 12.0. The van der Waals surface area contributed by atoms with Gasteiger partial charge in [-0.25, -0.2) is 14.5 Å². The summed E-state index contributed by atoms with van der Waals surface area (Å²) in [4.78, 5) is 19.8. The van der Waals surface area contributed by atoms with Gasteiger partial charge in [0.2, 0.25) is 0 Å². The zero-order valence-corrected chi connectivity index (χ0v) is 13.9. The molecule has 1 atom stereocenters. The second-order valence-electron chi connectivity index (χ2n) is 5.90. The van der Waals surface area contributed by atoms with E-state index in [2.05, 4.69) is 20.2 Å². The predicted octanol–water partition coefficient (Wildman–Crippen LogP) is 2.61. The van der Waals surface area contributed by atoms with E-state index in [1.165, 1.54) is 0 Å². The van der Waals surface area contributed by atoms with E-state index in [9.17, 15) is 10.1 Å². The Kier molecular flexibility index (Phi) is 3.24. The average molecular weight is 337 g/mol. The van der Waals surface area contributed by atoms with Crippen molar-refractivity contribution in [1.82, 2.24) is 29.4 Å². The van der Waals surface area contributed by atoms with E-state index in [0.717, 1.165) is 10.9 Å². The molecule has 3 aromatic heterocycles. The molecule has 0 aliphatic heterocycles. The van der Waals surface area contributed by atoms with Gasteiger partial charge in [0.25, 0.3) is 0 Å². The van der Waals surface area contributed by atoms with Crippen molar-refractivity contribution >= 4 is 22.2 Å². The SMILES string of the molecule is Cc1nn(C(C)c2nc3c4ccccc4ncn3n2)c(C)c1[N+](=O)[O-]. The summed E-state index contributed by atoms with van der Waals surface area (Å²) >= 11 is 0. The normalized spacial score (nSPS) is 12.8. The third-order valence-corrected chi connectivity index (χ3v) is 4.31. The topological polar surface area (TPSA) is 104 Å². The van der Waals surface area contributed by atoms with Crippen molar-refractivity contribution in [2.24, 2.45) is 0 Å². The summed E-state index contributed by atoms with van der Waals surface area (Å²) in [6.45, 7) is 5.18. The minimum absolute atomic E-state index is 0.0303. The second-order valence-corrected chi connectivity index (χ2v) is 5.90. The standard InChI is InChI=1S/C16H15N7O2/c1-9-14(23(24)25)10(2)22(19-9)11(3)15-18-16-12-6-4-5-7-13(12)17-8-21(16)20-15/h4-8,11H,1-3H3. The predicted molar refractivity (Wildman–Crippen MR) is 90.5 cm³/mol. The van der Waals surface area contributed by atoms with E-state index in [-0.39, 0.29) is 11.7 Å². The maximum atomic E-state index is 11.2. The molecule has 0 aliphatic rings. The van der Waals surface area contributed by atoms with E-state index >= 15 is 0 Å². The first-order valence-electron chi connectivity index (χ1n) is 7.77. The van der Waals surface area contributed by atoms with Gasteiger partial charge in [-0.05, 0) is 32.9 Å². The summed E-state index contributed by atoms with van der Waals surface area (Å²) in [5.41, 5.74) is 2.43. The highest BCUT2D eigenvalue weighted by atomic mass is 16.6. The summed E-state index contributed by atoms with van der Waals surface area (Å²) in [6, 6.07) is 7.35. The van der Waals surface area contributed by atoms with Crippen LogP contribution in [-0.2, 0) is 0 Å². The van der Waals surface area contributed by atoms with Crippen LogP contribution in [0.3, 0.4) is 0 Å². The Morgan fingerprint density at radius 2 is 1.96 bits per heavy atom. The zero-order valence-electron chi connectivity index (χ0n) is 13.9. The molecule has 0 saturated carbocycles. The lowest BCUT2D eigenvalue weighted by Gasteiger charge is -2.09. The molecular formula is C16H15N7O2. The number of rotatable bonds is 3. The molecule has 3 heterocycles. The smallest absolute Gasteiger partial charge is 0.258 e. The average Bonchev–Trinajstić information content (AvgIpc) is 3.15. The molecule has 0 amide bonds. The Bertz CT molecular complexity index is 1130. The molecule has 0 spiro atoms. The Labute approximate surface area is 142 Å². The van der Waals surface area contributed by atoms with Gasteiger partial charge in [-0.3, -0.25) is 14.8 Å².